The lowest BCUT2D eigenvalue weighted by Crippen LogP contribution is -2.30. The van der Waals surface area contributed by atoms with Gasteiger partial charge in [-0.1, -0.05) is 26.7 Å². The Morgan fingerprint density at radius 1 is 0.667 bits per heavy atom. The van der Waals surface area contributed by atoms with Gasteiger partial charge < -0.3 is 14.2 Å². The maximum absolute atomic E-state index is 5.80. The number of hydrogen-bond acceptors (Lipinski definition) is 4. The van der Waals surface area contributed by atoms with Crippen LogP contribution in [0.25, 0.3) is 0 Å². The lowest BCUT2D eigenvalue weighted by Gasteiger charge is -2.20. The van der Waals surface area contributed by atoms with Crippen LogP contribution in [0.1, 0.15) is 39.5 Å². The summed E-state index contributed by atoms with van der Waals surface area (Å²) in [4.78, 5) is 2.36. The van der Waals surface area contributed by atoms with Crippen molar-refractivity contribution in [3.8, 4) is 0 Å². The Labute approximate surface area is 136 Å². The average Bonchev–Trinajstić information content (AvgIpc) is 2.50. The second-order valence-corrected chi connectivity index (χ2v) is 5.45. The zero-order chi connectivity index (χ0) is 15.6. The van der Waals surface area contributed by atoms with Crippen LogP contribution in [-0.2, 0) is 14.2 Å². The van der Waals surface area contributed by atoms with Gasteiger partial charge in [0.1, 0.15) is 0 Å². The molecule has 4 nitrogen and oxygen atoms in total. The van der Waals surface area contributed by atoms with E-state index in [-0.39, 0.29) is 0 Å². The van der Waals surface area contributed by atoms with Crippen LogP contribution in [0.5, 0.6) is 0 Å². The van der Waals surface area contributed by atoms with Gasteiger partial charge >= 0.3 is 0 Å². The Hall–Kier alpha value is 0.130. The standard InChI is InChI=1S/C16H34ClNO3/c1-3-5-8-18(9-7-17)10-12-20-14-16-21-15-13-19-11-6-4-2/h3-16H2,1-2H3. The number of ether oxygens (including phenoxy) is 3. The van der Waals surface area contributed by atoms with Gasteiger partial charge in [0, 0.05) is 25.6 Å². The van der Waals surface area contributed by atoms with Crippen molar-refractivity contribution in [2.45, 2.75) is 39.5 Å². The maximum atomic E-state index is 5.80. The first-order valence-electron chi connectivity index (χ1n) is 8.36. The van der Waals surface area contributed by atoms with E-state index in [0.29, 0.717) is 32.3 Å². The smallest absolute Gasteiger partial charge is 0.0701 e. The molecule has 0 aliphatic rings. The molecule has 0 heterocycles. The highest BCUT2D eigenvalue weighted by atomic mass is 35.5. The molecular formula is C16H34ClNO3. The Bertz CT molecular complexity index is 196. The van der Waals surface area contributed by atoms with E-state index in [4.69, 9.17) is 25.8 Å². The molecule has 0 saturated heterocycles. The van der Waals surface area contributed by atoms with Gasteiger partial charge in [-0.2, -0.15) is 0 Å². The molecule has 0 bridgehead atoms. The fourth-order valence-electron chi connectivity index (χ4n) is 1.82. The van der Waals surface area contributed by atoms with E-state index >= 15 is 0 Å². The number of unbranched alkanes of at least 4 members (excludes halogenated alkanes) is 2. The zero-order valence-electron chi connectivity index (χ0n) is 13.9. The fraction of sp³-hybridized carbons (Fsp3) is 1.00. The van der Waals surface area contributed by atoms with Crippen molar-refractivity contribution in [2.24, 2.45) is 0 Å². The van der Waals surface area contributed by atoms with Crippen molar-refractivity contribution < 1.29 is 14.2 Å². The molecule has 0 aromatic rings. The number of alkyl halides is 1. The molecule has 0 saturated carbocycles. The third-order valence-corrected chi connectivity index (χ3v) is 3.34. The van der Waals surface area contributed by atoms with Crippen molar-refractivity contribution in [1.82, 2.24) is 4.90 Å². The lowest BCUT2D eigenvalue weighted by atomic mass is 10.3. The molecule has 5 heteroatoms. The van der Waals surface area contributed by atoms with Crippen molar-refractivity contribution in [3.63, 3.8) is 0 Å². The van der Waals surface area contributed by atoms with Gasteiger partial charge in [-0.25, -0.2) is 0 Å². The Kier molecular flexibility index (Phi) is 18.3. The molecule has 0 rings (SSSR count). The minimum atomic E-state index is 0.640. The summed E-state index contributed by atoms with van der Waals surface area (Å²) in [6, 6.07) is 0. The summed E-state index contributed by atoms with van der Waals surface area (Å²) in [5.74, 6) is 0.685. The summed E-state index contributed by atoms with van der Waals surface area (Å²) in [6.07, 6.45) is 4.74. The first-order valence-corrected chi connectivity index (χ1v) is 8.90. The van der Waals surface area contributed by atoms with Gasteiger partial charge in [-0.3, -0.25) is 4.90 Å². The third-order valence-electron chi connectivity index (χ3n) is 3.17. The lowest BCUT2D eigenvalue weighted by molar-refractivity contribution is 0.0103. The van der Waals surface area contributed by atoms with Gasteiger partial charge in [-0.05, 0) is 19.4 Å². The third kappa shape index (κ3) is 16.3. The molecule has 0 radical (unpaired) electrons. The van der Waals surface area contributed by atoms with Crippen molar-refractivity contribution in [1.29, 1.82) is 0 Å². The normalized spacial score (nSPS) is 11.4. The molecule has 0 atom stereocenters. The van der Waals surface area contributed by atoms with E-state index in [2.05, 4.69) is 18.7 Å². The van der Waals surface area contributed by atoms with Crippen LogP contribution in [0.4, 0.5) is 0 Å². The predicted molar refractivity (Wildman–Crippen MR) is 89.4 cm³/mol. The van der Waals surface area contributed by atoms with Gasteiger partial charge in [0.05, 0.1) is 33.0 Å². The summed E-state index contributed by atoms with van der Waals surface area (Å²) in [6.45, 7) is 11.6. The molecule has 0 amide bonds. The van der Waals surface area contributed by atoms with Crippen LogP contribution in [0.2, 0.25) is 0 Å². The molecule has 128 valence electrons. The quantitative estimate of drug-likeness (QED) is 0.304. The van der Waals surface area contributed by atoms with Crippen molar-refractivity contribution in [3.05, 3.63) is 0 Å². The van der Waals surface area contributed by atoms with E-state index in [9.17, 15) is 0 Å². The maximum Gasteiger partial charge on any atom is 0.0701 e. The number of hydrogen-bond donors (Lipinski definition) is 0. The molecule has 0 N–H and O–H groups in total. The van der Waals surface area contributed by atoms with E-state index in [1.807, 2.05) is 0 Å². The highest BCUT2D eigenvalue weighted by molar-refractivity contribution is 6.18. The molecular weight excluding hydrogens is 290 g/mol. The Morgan fingerprint density at radius 2 is 1.24 bits per heavy atom. The molecule has 0 aromatic carbocycles. The minimum Gasteiger partial charge on any atom is -0.379 e. The molecule has 0 spiro atoms. The molecule has 0 aliphatic heterocycles. The average molecular weight is 324 g/mol. The second-order valence-electron chi connectivity index (χ2n) is 5.07. The highest BCUT2D eigenvalue weighted by Crippen LogP contribution is 1.96. The summed E-state index contributed by atoms with van der Waals surface area (Å²) in [5, 5.41) is 0. The van der Waals surface area contributed by atoms with E-state index in [1.165, 1.54) is 19.3 Å². The van der Waals surface area contributed by atoms with Crippen molar-refractivity contribution in [2.75, 3.05) is 65.2 Å². The van der Waals surface area contributed by atoms with Crippen LogP contribution in [0.3, 0.4) is 0 Å². The molecule has 0 fully saturated rings. The monoisotopic (exact) mass is 323 g/mol. The first-order chi connectivity index (χ1) is 10.3. The van der Waals surface area contributed by atoms with E-state index in [1.54, 1.807) is 0 Å². The van der Waals surface area contributed by atoms with E-state index in [0.717, 1.165) is 39.3 Å². The Morgan fingerprint density at radius 3 is 1.81 bits per heavy atom. The second kappa shape index (κ2) is 18.2. The van der Waals surface area contributed by atoms with Crippen LogP contribution in [-0.4, -0.2) is 70.1 Å². The van der Waals surface area contributed by atoms with Gasteiger partial charge in [0.25, 0.3) is 0 Å². The van der Waals surface area contributed by atoms with Gasteiger partial charge in [0.15, 0.2) is 0 Å². The topological polar surface area (TPSA) is 30.9 Å². The summed E-state index contributed by atoms with van der Waals surface area (Å²) in [5.41, 5.74) is 0. The van der Waals surface area contributed by atoms with Crippen molar-refractivity contribution >= 4 is 11.6 Å². The molecule has 21 heavy (non-hydrogen) atoms. The first kappa shape index (κ1) is 21.1. The summed E-state index contributed by atoms with van der Waals surface area (Å²) >= 11 is 5.80. The number of halogens is 1. The SMILES string of the molecule is CCCCOCCOCCOCCN(CCCl)CCCC. The summed E-state index contributed by atoms with van der Waals surface area (Å²) < 4.78 is 16.4. The summed E-state index contributed by atoms with van der Waals surface area (Å²) in [7, 11) is 0. The van der Waals surface area contributed by atoms with Crippen LogP contribution in [0.15, 0.2) is 0 Å². The van der Waals surface area contributed by atoms with Crippen LogP contribution < -0.4 is 0 Å². The van der Waals surface area contributed by atoms with Gasteiger partial charge in [0.2, 0.25) is 0 Å². The predicted octanol–water partition coefficient (Wildman–Crippen LogP) is 3.18. The molecule has 0 aromatic heterocycles. The van der Waals surface area contributed by atoms with Crippen LogP contribution in [0, 0.1) is 0 Å². The fourth-order valence-corrected chi connectivity index (χ4v) is 2.06. The molecule has 0 aliphatic carbocycles. The number of rotatable bonds is 17. The largest absolute Gasteiger partial charge is 0.379 e. The molecule has 0 unspecified atom stereocenters. The highest BCUT2D eigenvalue weighted by Gasteiger charge is 2.03. The van der Waals surface area contributed by atoms with Crippen LogP contribution >= 0.6 is 11.6 Å². The Balaban J connectivity index is 3.25. The zero-order valence-corrected chi connectivity index (χ0v) is 14.7. The van der Waals surface area contributed by atoms with E-state index < -0.39 is 0 Å². The minimum absolute atomic E-state index is 0.640. The number of nitrogens with zero attached hydrogens (tertiary/aromatic N) is 1. The van der Waals surface area contributed by atoms with Gasteiger partial charge in [-0.15, -0.1) is 11.6 Å².